The van der Waals surface area contributed by atoms with Gasteiger partial charge in [0.15, 0.2) is 0 Å². The van der Waals surface area contributed by atoms with Gasteiger partial charge < -0.3 is 0 Å². The molecule has 0 aliphatic carbocycles. The first-order chi connectivity index (χ1) is 9.38. The summed E-state index contributed by atoms with van der Waals surface area (Å²) in [5, 5.41) is 0. The molecule has 0 saturated heterocycles. The molecule has 0 radical (unpaired) electrons. The molecule has 0 atom stereocenters. The van der Waals surface area contributed by atoms with E-state index in [1.165, 1.54) is 6.07 Å². The third-order valence-electron chi connectivity index (χ3n) is 2.97. The molecule has 0 spiro atoms. The van der Waals surface area contributed by atoms with Gasteiger partial charge in [-0.2, -0.15) is 0 Å². The van der Waals surface area contributed by atoms with Crippen LogP contribution in [0.5, 0.6) is 0 Å². The van der Waals surface area contributed by atoms with Crippen LogP contribution in [-0.2, 0) is 6.42 Å². The zero-order chi connectivity index (χ0) is 14.9. The Morgan fingerprint density at radius 3 is 2.05 bits per heavy atom. The van der Waals surface area contributed by atoms with Gasteiger partial charge in [-0.05, 0) is 64.3 Å². The maximum atomic E-state index is 14.1. The van der Waals surface area contributed by atoms with Gasteiger partial charge in [0.05, 0.1) is 3.57 Å². The van der Waals surface area contributed by atoms with Gasteiger partial charge in [0.25, 0.3) is 0 Å². The van der Waals surface area contributed by atoms with Crippen molar-refractivity contribution in [2.24, 2.45) is 5.92 Å². The molecule has 2 aromatic rings. The summed E-state index contributed by atoms with van der Waals surface area (Å²) in [7, 11) is 0. The molecular formula is C16H14F3I. The average molecular weight is 390 g/mol. The number of hydrogen-bond acceptors (Lipinski definition) is 0. The first-order valence-electron chi connectivity index (χ1n) is 6.32. The van der Waals surface area contributed by atoms with Crippen molar-refractivity contribution in [3.63, 3.8) is 0 Å². The van der Waals surface area contributed by atoms with E-state index in [2.05, 4.69) is 13.8 Å². The molecule has 2 aromatic carbocycles. The number of halogens is 4. The van der Waals surface area contributed by atoms with Gasteiger partial charge >= 0.3 is 0 Å². The highest BCUT2D eigenvalue weighted by Crippen LogP contribution is 2.28. The Morgan fingerprint density at radius 2 is 1.55 bits per heavy atom. The van der Waals surface area contributed by atoms with E-state index >= 15 is 0 Å². The van der Waals surface area contributed by atoms with E-state index in [1.807, 2.05) is 0 Å². The second kappa shape index (κ2) is 6.16. The summed E-state index contributed by atoms with van der Waals surface area (Å²) < 4.78 is 41.1. The van der Waals surface area contributed by atoms with E-state index in [9.17, 15) is 13.2 Å². The van der Waals surface area contributed by atoms with E-state index < -0.39 is 17.5 Å². The van der Waals surface area contributed by atoms with Crippen LogP contribution in [0.3, 0.4) is 0 Å². The SMILES string of the molecule is CC(C)Cc1ccc(-c2cc(F)c(I)c(F)c2)c(F)c1. The van der Waals surface area contributed by atoms with Crippen LogP contribution in [0.1, 0.15) is 19.4 Å². The van der Waals surface area contributed by atoms with Crippen LogP contribution < -0.4 is 0 Å². The van der Waals surface area contributed by atoms with Gasteiger partial charge in [0, 0.05) is 5.56 Å². The van der Waals surface area contributed by atoms with Gasteiger partial charge in [-0.3, -0.25) is 0 Å². The maximum absolute atomic E-state index is 14.1. The van der Waals surface area contributed by atoms with E-state index in [4.69, 9.17) is 0 Å². The Kier molecular flexibility index (Phi) is 4.73. The molecular weight excluding hydrogens is 376 g/mol. The second-order valence-electron chi connectivity index (χ2n) is 5.17. The highest BCUT2D eigenvalue weighted by atomic mass is 127. The molecule has 20 heavy (non-hydrogen) atoms. The van der Waals surface area contributed by atoms with Crippen LogP contribution in [0.2, 0.25) is 0 Å². The van der Waals surface area contributed by atoms with Crippen molar-refractivity contribution in [2.75, 3.05) is 0 Å². The summed E-state index contributed by atoms with van der Waals surface area (Å²) in [6.45, 7) is 4.10. The fourth-order valence-corrected chi connectivity index (χ4v) is 2.41. The van der Waals surface area contributed by atoms with Crippen molar-refractivity contribution in [1.29, 1.82) is 0 Å². The van der Waals surface area contributed by atoms with E-state index in [0.29, 0.717) is 5.92 Å². The standard InChI is InChI=1S/C16H14F3I/c1-9(2)5-10-3-4-12(13(17)6-10)11-7-14(18)16(20)15(19)8-11/h3-4,6-9H,5H2,1-2H3. The highest BCUT2D eigenvalue weighted by Gasteiger charge is 2.13. The van der Waals surface area contributed by atoms with Crippen molar-refractivity contribution in [3.8, 4) is 11.1 Å². The smallest absolute Gasteiger partial charge is 0.140 e. The van der Waals surface area contributed by atoms with Crippen LogP contribution >= 0.6 is 22.6 Å². The van der Waals surface area contributed by atoms with E-state index in [-0.39, 0.29) is 14.7 Å². The number of hydrogen-bond donors (Lipinski definition) is 0. The lowest BCUT2D eigenvalue weighted by Crippen LogP contribution is -1.97. The summed E-state index contributed by atoms with van der Waals surface area (Å²) in [5.41, 5.74) is 1.31. The van der Waals surface area contributed by atoms with Gasteiger partial charge in [-0.1, -0.05) is 26.0 Å². The summed E-state index contributed by atoms with van der Waals surface area (Å²) in [4.78, 5) is 0. The lowest BCUT2D eigenvalue weighted by atomic mass is 9.98. The molecule has 0 bridgehead atoms. The number of benzene rings is 2. The summed E-state index contributed by atoms with van der Waals surface area (Å²) in [6.07, 6.45) is 0.770. The first-order valence-corrected chi connectivity index (χ1v) is 7.39. The fourth-order valence-electron chi connectivity index (χ4n) is 2.10. The zero-order valence-electron chi connectivity index (χ0n) is 11.2. The minimum Gasteiger partial charge on any atom is -0.206 e. The van der Waals surface area contributed by atoms with Gasteiger partial charge in [0.1, 0.15) is 17.5 Å². The second-order valence-corrected chi connectivity index (χ2v) is 6.24. The van der Waals surface area contributed by atoms with E-state index in [0.717, 1.165) is 24.1 Å². The lowest BCUT2D eigenvalue weighted by molar-refractivity contribution is 0.570. The summed E-state index contributed by atoms with van der Waals surface area (Å²) in [6, 6.07) is 7.13. The first kappa shape index (κ1) is 15.4. The molecule has 0 N–H and O–H groups in total. The summed E-state index contributed by atoms with van der Waals surface area (Å²) >= 11 is 1.59. The Bertz CT molecular complexity index is 613. The number of rotatable bonds is 3. The quantitative estimate of drug-likeness (QED) is 0.475. The average Bonchev–Trinajstić information content (AvgIpc) is 2.34. The van der Waals surface area contributed by atoms with Crippen LogP contribution in [0.25, 0.3) is 11.1 Å². The molecule has 0 saturated carbocycles. The zero-order valence-corrected chi connectivity index (χ0v) is 13.3. The topological polar surface area (TPSA) is 0 Å². The molecule has 0 aliphatic rings. The minimum absolute atomic E-state index is 0.0804. The predicted octanol–water partition coefficient (Wildman–Crippen LogP) is 5.57. The molecule has 0 nitrogen and oxygen atoms in total. The van der Waals surface area contributed by atoms with Gasteiger partial charge in [0.2, 0.25) is 0 Å². The van der Waals surface area contributed by atoms with Crippen LogP contribution in [0.15, 0.2) is 30.3 Å². The Balaban J connectivity index is 2.43. The van der Waals surface area contributed by atoms with Crippen molar-refractivity contribution < 1.29 is 13.2 Å². The molecule has 0 fully saturated rings. The molecule has 0 aromatic heterocycles. The van der Waals surface area contributed by atoms with Crippen molar-refractivity contribution in [3.05, 3.63) is 56.9 Å². The third-order valence-corrected chi connectivity index (χ3v) is 4.00. The molecule has 2 rings (SSSR count). The third kappa shape index (κ3) is 3.34. The molecule has 4 heteroatoms. The molecule has 0 unspecified atom stereocenters. The molecule has 0 aliphatic heterocycles. The molecule has 0 amide bonds. The molecule has 106 valence electrons. The summed E-state index contributed by atoms with van der Waals surface area (Å²) in [5.74, 6) is -1.38. The largest absolute Gasteiger partial charge is 0.206 e. The van der Waals surface area contributed by atoms with E-state index in [1.54, 1.807) is 34.7 Å². The van der Waals surface area contributed by atoms with Crippen molar-refractivity contribution in [2.45, 2.75) is 20.3 Å². The Labute approximate surface area is 130 Å². The molecule has 0 heterocycles. The van der Waals surface area contributed by atoms with Crippen LogP contribution in [0.4, 0.5) is 13.2 Å². The van der Waals surface area contributed by atoms with Crippen molar-refractivity contribution in [1.82, 2.24) is 0 Å². The predicted molar refractivity (Wildman–Crippen MR) is 83.0 cm³/mol. The highest BCUT2D eigenvalue weighted by molar-refractivity contribution is 14.1. The van der Waals surface area contributed by atoms with Crippen molar-refractivity contribution >= 4 is 22.6 Å². The minimum atomic E-state index is -0.675. The Morgan fingerprint density at radius 1 is 0.950 bits per heavy atom. The van der Waals surface area contributed by atoms with Gasteiger partial charge in [-0.15, -0.1) is 0 Å². The monoisotopic (exact) mass is 390 g/mol. The maximum Gasteiger partial charge on any atom is 0.140 e. The Hall–Kier alpha value is -1.04. The van der Waals surface area contributed by atoms with Crippen LogP contribution in [0, 0.1) is 26.9 Å². The van der Waals surface area contributed by atoms with Crippen LogP contribution in [-0.4, -0.2) is 0 Å². The van der Waals surface area contributed by atoms with Gasteiger partial charge in [-0.25, -0.2) is 13.2 Å². The fraction of sp³-hybridized carbons (Fsp3) is 0.250. The normalized spacial score (nSPS) is 11.2. The lowest BCUT2D eigenvalue weighted by Gasteiger charge is -2.09.